The van der Waals surface area contributed by atoms with Gasteiger partial charge in [-0.25, -0.2) is 4.79 Å². The average molecular weight is 274 g/mol. The fourth-order valence-corrected chi connectivity index (χ4v) is 3.16. The van der Waals surface area contributed by atoms with E-state index in [1.54, 1.807) is 4.90 Å². The van der Waals surface area contributed by atoms with Gasteiger partial charge in [0.25, 0.3) is 5.91 Å². The fraction of sp³-hybridized carbons (Fsp3) is 0.625. The molecule has 4 heteroatoms. The largest absolute Gasteiger partial charge is 0.332 e. The highest BCUT2D eigenvalue weighted by Gasteiger charge is 2.52. The summed E-state index contributed by atoms with van der Waals surface area (Å²) in [5.41, 5.74) is 2.05. The first-order valence-corrected chi connectivity index (χ1v) is 7.56. The van der Waals surface area contributed by atoms with Crippen LogP contribution in [0.25, 0.3) is 0 Å². The number of carbonyl (C=O) groups is 2. The lowest BCUT2D eigenvalue weighted by molar-refractivity contribution is -0.129. The Labute approximate surface area is 120 Å². The number of urea groups is 1. The lowest BCUT2D eigenvalue weighted by Gasteiger charge is -2.29. The van der Waals surface area contributed by atoms with Crippen LogP contribution in [0, 0.1) is 5.92 Å². The maximum atomic E-state index is 12.7. The molecule has 108 valence electrons. The van der Waals surface area contributed by atoms with E-state index in [9.17, 15) is 9.59 Å². The zero-order chi connectivity index (χ0) is 14.4. The Hall–Kier alpha value is -1.58. The molecule has 1 unspecified atom stereocenters. The van der Waals surface area contributed by atoms with Crippen LogP contribution >= 0.6 is 0 Å². The second kappa shape index (κ2) is 4.76. The highest BCUT2D eigenvalue weighted by molar-refractivity contribution is 6.06. The van der Waals surface area contributed by atoms with Crippen molar-refractivity contribution in [2.24, 2.45) is 5.92 Å². The lowest BCUT2D eigenvalue weighted by Crippen LogP contribution is -2.38. The van der Waals surface area contributed by atoms with Gasteiger partial charge in [-0.3, -0.25) is 14.6 Å². The predicted molar refractivity (Wildman–Crippen MR) is 76.8 cm³/mol. The molecule has 0 bridgehead atoms. The van der Waals surface area contributed by atoms with Crippen molar-refractivity contribution in [3.8, 4) is 0 Å². The van der Waals surface area contributed by atoms with E-state index in [2.05, 4.69) is 12.2 Å². The molecule has 0 spiro atoms. The number of amides is 3. The van der Waals surface area contributed by atoms with Gasteiger partial charge in [-0.15, -0.1) is 0 Å². The number of hydrogen-bond donors (Lipinski definition) is 0. The second-order valence-corrected chi connectivity index (χ2v) is 6.33. The molecule has 0 N–H and O–H groups in total. The number of carbonyl (C=O) groups excluding carboxylic acids is 2. The van der Waals surface area contributed by atoms with E-state index < -0.39 is 0 Å². The normalized spacial score (nSPS) is 27.3. The molecule has 3 rings (SSSR count). The first kappa shape index (κ1) is 13.4. The van der Waals surface area contributed by atoms with E-state index >= 15 is 0 Å². The summed E-state index contributed by atoms with van der Waals surface area (Å²) < 4.78 is 0. The first-order valence-electron chi connectivity index (χ1n) is 7.56. The Bertz CT molecular complexity index is 515. The summed E-state index contributed by atoms with van der Waals surface area (Å²) in [6.45, 7) is 6.06. The molecule has 1 aliphatic heterocycles. The Morgan fingerprint density at radius 2 is 1.75 bits per heavy atom. The molecule has 3 amide bonds. The molecule has 0 aromatic carbocycles. The van der Waals surface area contributed by atoms with Gasteiger partial charge in [-0.1, -0.05) is 26.0 Å². The minimum Gasteiger partial charge on any atom is -0.281 e. The average Bonchev–Trinajstić information content (AvgIpc) is 3.17. The topological polar surface area (TPSA) is 40.6 Å². The van der Waals surface area contributed by atoms with Crippen molar-refractivity contribution in [3.63, 3.8) is 0 Å². The molecule has 3 aliphatic rings. The third-order valence-corrected chi connectivity index (χ3v) is 4.34. The maximum absolute atomic E-state index is 12.7. The van der Waals surface area contributed by atoms with E-state index in [1.165, 1.54) is 4.90 Å². The Balaban J connectivity index is 1.98. The quantitative estimate of drug-likeness (QED) is 0.742. The number of allylic oxidation sites excluding steroid dienone is 3. The van der Waals surface area contributed by atoms with Crippen LogP contribution in [0.5, 0.6) is 0 Å². The highest BCUT2D eigenvalue weighted by Crippen LogP contribution is 2.38. The number of imide groups is 1. The summed E-state index contributed by atoms with van der Waals surface area (Å²) in [5.74, 6) is 0.123. The van der Waals surface area contributed by atoms with Gasteiger partial charge >= 0.3 is 6.03 Å². The minimum absolute atomic E-state index is 0.00762. The van der Waals surface area contributed by atoms with Crippen molar-refractivity contribution < 1.29 is 9.59 Å². The number of hydrogen-bond acceptors (Lipinski definition) is 2. The molecule has 1 atom stereocenters. The minimum atomic E-state index is -0.337. The number of nitrogens with zero attached hydrogens (tertiary/aromatic N) is 2. The summed E-state index contributed by atoms with van der Waals surface area (Å²) in [4.78, 5) is 28.6. The van der Waals surface area contributed by atoms with Crippen molar-refractivity contribution in [1.29, 1.82) is 0 Å². The smallest absolute Gasteiger partial charge is 0.281 e. The third kappa shape index (κ3) is 1.98. The van der Waals surface area contributed by atoms with Gasteiger partial charge < -0.3 is 0 Å². The highest BCUT2D eigenvalue weighted by atomic mass is 16.2. The van der Waals surface area contributed by atoms with Gasteiger partial charge in [-0.2, -0.15) is 0 Å². The van der Waals surface area contributed by atoms with Crippen LogP contribution in [0.4, 0.5) is 4.79 Å². The molecule has 1 saturated carbocycles. The fourth-order valence-electron chi connectivity index (χ4n) is 3.16. The van der Waals surface area contributed by atoms with Crippen molar-refractivity contribution >= 4 is 11.9 Å². The third-order valence-electron chi connectivity index (χ3n) is 4.34. The second-order valence-electron chi connectivity index (χ2n) is 6.33. The van der Waals surface area contributed by atoms with Crippen molar-refractivity contribution in [3.05, 3.63) is 23.4 Å². The summed E-state index contributed by atoms with van der Waals surface area (Å²) in [7, 11) is 0. The Morgan fingerprint density at radius 1 is 1.10 bits per heavy atom. The van der Waals surface area contributed by atoms with E-state index in [1.807, 2.05) is 20.8 Å². The Morgan fingerprint density at radius 3 is 2.30 bits per heavy atom. The van der Waals surface area contributed by atoms with Gasteiger partial charge in [-0.05, 0) is 44.1 Å². The Kier molecular flexibility index (Phi) is 3.19. The van der Waals surface area contributed by atoms with Crippen LogP contribution in [-0.4, -0.2) is 33.8 Å². The molecule has 2 aliphatic carbocycles. The zero-order valence-electron chi connectivity index (χ0n) is 12.4. The van der Waals surface area contributed by atoms with E-state index in [0.29, 0.717) is 0 Å². The molecule has 4 nitrogen and oxygen atoms in total. The molecule has 1 saturated heterocycles. The summed E-state index contributed by atoms with van der Waals surface area (Å²) in [6, 6.07) is -0.303. The summed E-state index contributed by atoms with van der Waals surface area (Å²) in [6.07, 6.45) is 8.15. The van der Waals surface area contributed by atoms with Crippen molar-refractivity contribution in [2.45, 2.75) is 58.5 Å². The first-order chi connectivity index (χ1) is 9.52. The molecule has 0 radical (unpaired) electrons. The SMILES string of the molecule is CC1=CCCC=C1N1C(=O)N(C2CC2)C(=O)C1C(C)C. The van der Waals surface area contributed by atoms with Crippen LogP contribution in [0.2, 0.25) is 0 Å². The zero-order valence-corrected chi connectivity index (χ0v) is 12.4. The molecule has 0 aromatic heterocycles. The van der Waals surface area contributed by atoms with Gasteiger partial charge in [0.1, 0.15) is 6.04 Å². The van der Waals surface area contributed by atoms with Crippen molar-refractivity contribution in [2.75, 3.05) is 0 Å². The lowest BCUT2D eigenvalue weighted by atomic mass is 9.98. The standard InChI is InChI=1S/C16H22N2O2/c1-10(2)14-15(19)17(12-8-9-12)16(20)18(14)13-7-5-4-6-11(13)3/h6-7,10,12,14H,4-5,8-9H2,1-3H3. The molecule has 0 aromatic rings. The van der Waals surface area contributed by atoms with Crippen LogP contribution < -0.4 is 0 Å². The monoisotopic (exact) mass is 274 g/mol. The van der Waals surface area contributed by atoms with Gasteiger partial charge in [0, 0.05) is 11.7 Å². The van der Waals surface area contributed by atoms with E-state index in [0.717, 1.165) is 37.0 Å². The van der Waals surface area contributed by atoms with Crippen LogP contribution in [0.1, 0.15) is 46.5 Å². The van der Waals surface area contributed by atoms with Crippen LogP contribution in [0.15, 0.2) is 23.4 Å². The number of rotatable bonds is 3. The molecular formula is C16H22N2O2. The van der Waals surface area contributed by atoms with Crippen LogP contribution in [-0.2, 0) is 4.79 Å². The maximum Gasteiger partial charge on any atom is 0.332 e. The van der Waals surface area contributed by atoms with Crippen molar-refractivity contribution in [1.82, 2.24) is 9.80 Å². The van der Waals surface area contributed by atoms with Gasteiger partial charge in [0.15, 0.2) is 0 Å². The summed E-state index contributed by atoms with van der Waals surface area (Å²) in [5, 5.41) is 0. The van der Waals surface area contributed by atoms with E-state index in [-0.39, 0.29) is 29.9 Å². The summed E-state index contributed by atoms with van der Waals surface area (Å²) >= 11 is 0. The predicted octanol–water partition coefficient (Wildman–Crippen LogP) is 3.06. The molecule has 1 heterocycles. The van der Waals surface area contributed by atoms with Gasteiger partial charge in [0.2, 0.25) is 0 Å². The van der Waals surface area contributed by atoms with Gasteiger partial charge in [0.05, 0.1) is 0 Å². The van der Waals surface area contributed by atoms with Crippen LogP contribution in [0.3, 0.4) is 0 Å². The molecular weight excluding hydrogens is 252 g/mol. The molecule has 20 heavy (non-hydrogen) atoms. The van der Waals surface area contributed by atoms with E-state index in [4.69, 9.17) is 0 Å². The molecule has 2 fully saturated rings.